The summed E-state index contributed by atoms with van der Waals surface area (Å²) in [4.78, 5) is 8.90. The molecule has 0 amide bonds. The van der Waals surface area contributed by atoms with Gasteiger partial charge in [0.05, 0.1) is 12.7 Å². The Morgan fingerprint density at radius 3 is 2.24 bits per heavy atom. The molecule has 4 rings (SSSR count). The highest BCUT2D eigenvalue weighted by Gasteiger charge is 2.39. The lowest BCUT2D eigenvalue weighted by molar-refractivity contribution is -0.206. The van der Waals surface area contributed by atoms with Crippen molar-refractivity contribution >= 4 is 5.97 Å². The van der Waals surface area contributed by atoms with Crippen LogP contribution in [0.15, 0.2) is 48.7 Å². The van der Waals surface area contributed by atoms with Crippen LogP contribution in [-0.4, -0.2) is 43.5 Å². The zero-order valence-electron chi connectivity index (χ0n) is 17.2. The fraction of sp³-hybridized carbons (Fsp3) is 0.286. The van der Waals surface area contributed by atoms with Gasteiger partial charge in [-0.05, 0) is 22.3 Å². The lowest BCUT2D eigenvalue weighted by atomic mass is 10.1. The molecule has 13 heteroatoms. The Morgan fingerprint density at radius 1 is 1.03 bits per heavy atom. The Morgan fingerprint density at radius 2 is 1.65 bits per heavy atom. The molecule has 1 unspecified atom stereocenters. The molecule has 0 saturated carbocycles. The molecular weight excluding hydrogens is 470 g/mol. The molecule has 0 saturated heterocycles. The van der Waals surface area contributed by atoms with Crippen molar-refractivity contribution in [2.45, 2.75) is 38.1 Å². The normalized spacial score (nSPS) is 14.2. The van der Waals surface area contributed by atoms with Gasteiger partial charge in [0.2, 0.25) is 0 Å². The van der Waals surface area contributed by atoms with Crippen LogP contribution in [0, 0.1) is 0 Å². The monoisotopic (exact) mass is 488 g/mol. The first-order chi connectivity index (χ1) is 15.8. The van der Waals surface area contributed by atoms with Crippen molar-refractivity contribution in [3.8, 4) is 11.3 Å². The van der Waals surface area contributed by atoms with Crippen LogP contribution in [0.5, 0.6) is 0 Å². The van der Waals surface area contributed by atoms with E-state index in [0.717, 1.165) is 18.7 Å². The number of rotatable bonds is 4. The minimum Gasteiger partial charge on any atom is -0.475 e. The highest BCUT2D eigenvalue weighted by molar-refractivity contribution is 5.73. The number of hydrogen-bond acceptors (Lipinski definition) is 5. The van der Waals surface area contributed by atoms with Crippen molar-refractivity contribution in [2.75, 3.05) is 0 Å². The van der Waals surface area contributed by atoms with Crippen molar-refractivity contribution in [3.05, 3.63) is 70.9 Å². The number of hydrogen-bond donors (Lipinski definition) is 3. The minimum atomic E-state index is -5.08. The molecule has 0 fully saturated rings. The maximum Gasteiger partial charge on any atom is 0.490 e. The summed E-state index contributed by atoms with van der Waals surface area (Å²) in [7, 11) is 0. The van der Waals surface area contributed by atoms with Crippen molar-refractivity contribution in [2.24, 2.45) is 0 Å². The first-order valence-electron chi connectivity index (χ1n) is 9.71. The molecule has 2 aromatic carbocycles. The van der Waals surface area contributed by atoms with Gasteiger partial charge in [-0.15, -0.1) is 5.10 Å². The molecular formula is C21H18F6N4O3. The van der Waals surface area contributed by atoms with Gasteiger partial charge in [0.25, 0.3) is 0 Å². The number of fused-ring (bicyclic) bond motifs is 1. The maximum atomic E-state index is 12.6. The van der Waals surface area contributed by atoms with E-state index in [1.165, 1.54) is 35.4 Å². The quantitative estimate of drug-likeness (QED) is 0.483. The summed E-state index contributed by atoms with van der Waals surface area (Å²) in [6.07, 6.45) is -10.5. The number of aromatic nitrogens is 3. The standard InChI is InChI=1S/C19H17F3N4O.C2HF3O2/c20-19(21,22)18(27)14-5-3-13(4-6-14)17-11-26(25-24-17)10-12-1-2-15-8-23-9-16(15)7-12;3-2(4,5)1(6)7/h1-7,11,18,23,27H,8-10H2;(H,6,7). The van der Waals surface area contributed by atoms with Crippen molar-refractivity contribution < 1.29 is 41.4 Å². The Kier molecular flexibility index (Phi) is 7.26. The van der Waals surface area contributed by atoms with Gasteiger partial charge >= 0.3 is 18.3 Å². The zero-order valence-corrected chi connectivity index (χ0v) is 17.2. The van der Waals surface area contributed by atoms with Crippen LogP contribution in [0.2, 0.25) is 0 Å². The van der Waals surface area contributed by atoms with E-state index in [1.54, 1.807) is 10.9 Å². The summed E-state index contributed by atoms with van der Waals surface area (Å²) in [5, 5.41) is 27.9. The molecule has 2 heterocycles. The Bertz CT molecular complexity index is 1140. The van der Waals surface area contributed by atoms with Gasteiger partial charge in [-0.3, -0.25) is 0 Å². The SMILES string of the molecule is O=C(O)C(F)(F)F.OC(c1ccc(-c2cn(Cc3ccc4c(c3)CNC4)nn2)cc1)C(F)(F)F. The molecule has 1 aliphatic heterocycles. The second-order valence-electron chi connectivity index (χ2n) is 7.38. The van der Waals surface area contributed by atoms with Gasteiger partial charge in [0, 0.05) is 18.7 Å². The number of aliphatic hydroxyl groups is 1. The first-order valence-corrected chi connectivity index (χ1v) is 9.71. The van der Waals surface area contributed by atoms with Crippen molar-refractivity contribution in [3.63, 3.8) is 0 Å². The number of nitrogens with zero attached hydrogens (tertiary/aromatic N) is 3. The van der Waals surface area contributed by atoms with Crippen LogP contribution < -0.4 is 5.32 Å². The average Bonchev–Trinajstić information content (AvgIpc) is 3.41. The smallest absolute Gasteiger partial charge is 0.475 e. The fourth-order valence-corrected chi connectivity index (χ4v) is 3.17. The number of nitrogens with one attached hydrogen (secondary N) is 1. The predicted molar refractivity (Wildman–Crippen MR) is 106 cm³/mol. The third-order valence-electron chi connectivity index (χ3n) is 4.86. The molecule has 3 aromatic rings. The van der Waals surface area contributed by atoms with E-state index in [0.29, 0.717) is 17.8 Å². The van der Waals surface area contributed by atoms with Crippen LogP contribution in [0.4, 0.5) is 26.3 Å². The maximum absolute atomic E-state index is 12.6. The second-order valence-corrected chi connectivity index (χ2v) is 7.38. The number of halogens is 6. The second kappa shape index (κ2) is 9.81. The number of aliphatic hydroxyl groups excluding tert-OH is 1. The highest BCUT2D eigenvalue weighted by Crippen LogP contribution is 2.33. The van der Waals surface area contributed by atoms with Gasteiger partial charge in [0.15, 0.2) is 6.10 Å². The van der Waals surface area contributed by atoms with Gasteiger partial charge in [0.1, 0.15) is 5.69 Å². The summed E-state index contributed by atoms with van der Waals surface area (Å²) >= 11 is 0. The molecule has 0 radical (unpaired) electrons. The van der Waals surface area contributed by atoms with Crippen LogP contribution in [0.3, 0.4) is 0 Å². The van der Waals surface area contributed by atoms with Gasteiger partial charge in [-0.25, -0.2) is 9.48 Å². The molecule has 0 bridgehead atoms. The van der Waals surface area contributed by atoms with E-state index in [4.69, 9.17) is 9.90 Å². The van der Waals surface area contributed by atoms with Crippen LogP contribution in [-0.2, 0) is 24.4 Å². The number of carboxylic acids is 1. The number of carbonyl (C=O) groups is 1. The molecule has 34 heavy (non-hydrogen) atoms. The lowest BCUT2D eigenvalue weighted by Crippen LogP contribution is -2.21. The summed E-state index contributed by atoms with van der Waals surface area (Å²) < 4.78 is 71.1. The Balaban J connectivity index is 0.000000406. The first kappa shape index (κ1) is 25.2. The average molecular weight is 488 g/mol. The molecule has 0 spiro atoms. The third kappa shape index (κ3) is 6.32. The summed E-state index contributed by atoms with van der Waals surface area (Å²) in [5.41, 5.74) is 4.69. The minimum absolute atomic E-state index is 0.203. The largest absolute Gasteiger partial charge is 0.490 e. The molecule has 1 aromatic heterocycles. The number of aliphatic carboxylic acids is 1. The van der Waals surface area contributed by atoms with E-state index in [9.17, 15) is 31.4 Å². The van der Waals surface area contributed by atoms with Gasteiger partial charge < -0.3 is 15.5 Å². The fourth-order valence-electron chi connectivity index (χ4n) is 3.17. The molecule has 1 aliphatic rings. The topological polar surface area (TPSA) is 100 Å². The molecule has 1 atom stereocenters. The van der Waals surface area contributed by atoms with Gasteiger partial charge in [-0.2, -0.15) is 26.3 Å². The molecule has 182 valence electrons. The highest BCUT2D eigenvalue weighted by atomic mass is 19.4. The molecule has 0 aliphatic carbocycles. The van der Waals surface area contributed by atoms with E-state index < -0.39 is 24.4 Å². The van der Waals surface area contributed by atoms with E-state index in [2.05, 4.69) is 33.8 Å². The third-order valence-corrected chi connectivity index (χ3v) is 4.86. The zero-order chi connectivity index (χ0) is 25.1. The van der Waals surface area contributed by atoms with Gasteiger partial charge in [-0.1, -0.05) is 47.7 Å². The Labute approximate surface area is 188 Å². The molecule has 7 nitrogen and oxygen atoms in total. The molecule has 3 N–H and O–H groups in total. The van der Waals surface area contributed by atoms with Crippen LogP contribution in [0.25, 0.3) is 11.3 Å². The van der Waals surface area contributed by atoms with Crippen molar-refractivity contribution in [1.29, 1.82) is 0 Å². The summed E-state index contributed by atoms with van der Waals surface area (Å²) in [5.74, 6) is -2.76. The van der Waals surface area contributed by atoms with Crippen LogP contribution >= 0.6 is 0 Å². The number of carboxylic acid groups (broad SMARTS) is 1. The van der Waals surface area contributed by atoms with E-state index in [1.807, 2.05) is 0 Å². The Hall–Kier alpha value is -3.45. The van der Waals surface area contributed by atoms with Crippen LogP contribution in [0.1, 0.15) is 28.4 Å². The number of alkyl halides is 6. The number of benzene rings is 2. The summed E-state index contributed by atoms with van der Waals surface area (Å²) in [6, 6.07) is 11.8. The predicted octanol–water partition coefficient (Wildman–Crippen LogP) is 3.83. The van der Waals surface area contributed by atoms with E-state index in [-0.39, 0.29) is 5.56 Å². The lowest BCUT2D eigenvalue weighted by Gasteiger charge is -2.14. The van der Waals surface area contributed by atoms with E-state index >= 15 is 0 Å². The van der Waals surface area contributed by atoms with Crippen molar-refractivity contribution in [1.82, 2.24) is 20.3 Å². The summed E-state index contributed by atoms with van der Waals surface area (Å²) in [6.45, 7) is 2.31.